The molecule has 104 valence electrons. The summed E-state index contributed by atoms with van der Waals surface area (Å²) in [5.74, 6) is -1.01. The van der Waals surface area contributed by atoms with E-state index in [0.29, 0.717) is 12.1 Å². The van der Waals surface area contributed by atoms with Crippen LogP contribution in [0.15, 0.2) is 18.2 Å². The van der Waals surface area contributed by atoms with Gasteiger partial charge in [0.1, 0.15) is 0 Å². The zero-order chi connectivity index (χ0) is 14.3. The number of carbonyl (C=O) groups excluding carboxylic acids is 1. The highest BCUT2D eigenvalue weighted by Gasteiger charge is 2.13. The highest BCUT2D eigenvalue weighted by Crippen LogP contribution is 2.17. The number of nitro groups is 1. The normalized spacial score (nSPS) is 10.2. The molecule has 1 aromatic rings. The lowest BCUT2D eigenvalue weighted by Crippen LogP contribution is -2.33. The lowest BCUT2D eigenvalue weighted by molar-refractivity contribution is -0.387. The molecule has 1 amide bonds. The Morgan fingerprint density at radius 3 is 2.79 bits per heavy atom. The van der Waals surface area contributed by atoms with Crippen molar-refractivity contribution in [2.24, 2.45) is 0 Å². The van der Waals surface area contributed by atoms with Crippen molar-refractivity contribution < 1.29 is 14.1 Å². The Balaban J connectivity index is 2.44. The quantitative estimate of drug-likeness (QED) is 0.578. The van der Waals surface area contributed by atoms with Crippen LogP contribution in [0.5, 0.6) is 0 Å². The van der Waals surface area contributed by atoms with Crippen LogP contribution in [0, 0.1) is 15.9 Å². The van der Waals surface area contributed by atoms with Crippen LogP contribution in [-0.4, -0.2) is 23.9 Å². The molecule has 19 heavy (non-hydrogen) atoms. The maximum atomic E-state index is 13.3. The molecule has 0 unspecified atom stereocenters. The minimum absolute atomic E-state index is 0.124. The molecule has 0 aliphatic heterocycles. The van der Waals surface area contributed by atoms with Crippen molar-refractivity contribution >= 4 is 11.6 Å². The van der Waals surface area contributed by atoms with E-state index in [0.717, 1.165) is 18.6 Å². The zero-order valence-corrected chi connectivity index (χ0v) is 10.6. The van der Waals surface area contributed by atoms with Crippen molar-refractivity contribution in [1.29, 1.82) is 0 Å². The minimum atomic E-state index is -0.875. The third-order valence-electron chi connectivity index (χ3n) is 2.40. The van der Waals surface area contributed by atoms with Gasteiger partial charge >= 0.3 is 5.69 Å². The first kappa shape index (κ1) is 15.0. The number of amides is 1. The number of nitro benzene ring substituents is 1. The number of hydrogen-bond donors (Lipinski definition) is 2. The standard InChI is InChI=1S/C12H16FN3O3/c1-2-5-15-12(17)8-14-7-9-3-4-11(16(18)19)10(13)6-9/h3-4,6,14H,2,5,7-8H2,1H3,(H,15,17). The van der Waals surface area contributed by atoms with E-state index in [4.69, 9.17) is 0 Å². The van der Waals surface area contributed by atoms with E-state index in [2.05, 4.69) is 10.6 Å². The van der Waals surface area contributed by atoms with Crippen LogP contribution < -0.4 is 10.6 Å². The summed E-state index contributed by atoms with van der Waals surface area (Å²) in [5.41, 5.74) is -0.00386. The second-order valence-electron chi connectivity index (χ2n) is 4.00. The molecular formula is C12H16FN3O3. The van der Waals surface area contributed by atoms with E-state index in [1.54, 1.807) is 0 Å². The molecule has 0 saturated heterocycles. The van der Waals surface area contributed by atoms with Crippen molar-refractivity contribution in [3.05, 3.63) is 39.7 Å². The van der Waals surface area contributed by atoms with Crippen molar-refractivity contribution in [1.82, 2.24) is 10.6 Å². The molecule has 0 bridgehead atoms. The number of rotatable bonds is 7. The summed E-state index contributed by atoms with van der Waals surface area (Å²) in [4.78, 5) is 20.9. The average Bonchev–Trinajstić information content (AvgIpc) is 2.36. The summed E-state index contributed by atoms with van der Waals surface area (Å²) in [6.07, 6.45) is 0.860. The SMILES string of the molecule is CCCNC(=O)CNCc1ccc([N+](=O)[O-])c(F)c1. The highest BCUT2D eigenvalue weighted by molar-refractivity contribution is 5.77. The first-order chi connectivity index (χ1) is 9.04. The van der Waals surface area contributed by atoms with Crippen molar-refractivity contribution in [2.75, 3.05) is 13.1 Å². The zero-order valence-electron chi connectivity index (χ0n) is 10.6. The van der Waals surface area contributed by atoms with Gasteiger partial charge in [0.2, 0.25) is 11.7 Å². The molecule has 1 rings (SSSR count). The van der Waals surface area contributed by atoms with E-state index >= 15 is 0 Å². The van der Waals surface area contributed by atoms with Gasteiger partial charge in [-0.15, -0.1) is 0 Å². The van der Waals surface area contributed by atoms with Gasteiger partial charge in [0.15, 0.2) is 0 Å². The predicted octanol–water partition coefficient (Wildman–Crippen LogP) is 1.35. The van der Waals surface area contributed by atoms with Crippen LogP contribution in [0.25, 0.3) is 0 Å². The smallest absolute Gasteiger partial charge is 0.304 e. The second-order valence-corrected chi connectivity index (χ2v) is 4.00. The number of nitrogens with one attached hydrogen (secondary N) is 2. The van der Waals surface area contributed by atoms with Gasteiger partial charge < -0.3 is 10.6 Å². The Kier molecular flexibility index (Phi) is 5.87. The van der Waals surface area contributed by atoms with Gasteiger partial charge in [0.25, 0.3) is 0 Å². The monoisotopic (exact) mass is 269 g/mol. The van der Waals surface area contributed by atoms with Crippen LogP contribution in [-0.2, 0) is 11.3 Å². The topological polar surface area (TPSA) is 84.3 Å². The summed E-state index contributed by atoms with van der Waals surface area (Å²) in [5, 5.41) is 16.0. The first-order valence-electron chi connectivity index (χ1n) is 5.94. The fourth-order valence-electron chi connectivity index (χ4n) is 1.46. The van der Waals surface area contributed by atoms with E-state index in [1.165, 1.54) is 6.07 Å². The van der Waals surface area contributed by atoms with E-state index in [-0.39, 0.29) is 19.0 Å². The summed E-state index contributed by atoms with van der Waals surface area (Å²) < 4.78 is 13.3. The fourth-order valence-corrected chi connectivity index (χ4v) is 1.46. The highest BCUT2D eigenvalue weighted by atomic mass is 19.1. The summed E-state index contributed by atoms with van der Waals surface area (Å²) in [7, 11) is 0. The van der Waals surface area contributed by atoms with E-state index in [9.17, 15) is 19.3 Å². The molecule has 0 spiro atoms. The molecule has 0 radical (unpaired) electrons. The Bertz CT molecular complexity index is 466. The van der Waals surface area contributed by atoms with E-state index in [1.807, 2.05) is 6.92 Å². The van der Waals surface area contributed by atoms with Crippen LogP contribution in [0.1, 0.15) is 18.9 Å². The van der Waals surface area contributed by atoms with Crippen molar-refractivity contribution in [3.8, 4) is 0 Å². The Morgan fingerprint density at radius 1 is 1.47 bits per heavy atom. The summed E-state index contributed by atoms with van der Waals surface area (Å²) in [6, 6.07) is 3.66. The molecule has 0 aliphatic rings. The molecule has 0 fully saturated rings. The van der Waals surface area contributed by atoms with Gasteiger partial charge in [0.05, 0.1) is 11.5 Å². The number of nitrogens with zero attached hydrogens (tertiary/aromatic N) is 1. The van der Waals surface area contributed by atoms with Crippen LogP contribution in [0.3, 0.4) is 0 Å². The fraction of sp³-hybridized carbons (Fsp3) is 0.417. The molecule has 0 atom stereocenters. The van der Waals surface area contributed by atoms with Gasteiger partial charge in [0, 0.05) is 19.2 Å². The number of carbonyl (C=O) groups is 1. The number of halogens is 1. The van der Waals surface area contributed by atoms with Crippen LogP contribution in [0.4, 0.5) is 10.1 Å². The van der Waals surface area contributed by atoms with E-state index < -0.39 is 16.4 Å². The average molecular weight is 269 g/mol. The molecule has 0 heterocycles. The van der Waals surface area contributed by atoms with Gasteiger partial charge in [-0.2, -0.15) is 4.39 Å². The maximum Gasteiger partial charge on any atom is 0.304 e. The van der Waals surface area contributed by atoms with Crippen molar-refractivity contribution in [2.45, 2.75) is 19.9 Å². The molecule has 0 saturated carbocycles. The summed E-state index contributed by atoms with van der Waals surface area (Å²) in [6.45, 7) is 2.97. The molecule has 7 heteroatoms. The number of hydrogen-bond acceptors (Lipinski definition) is 4. The van der Waals surface area contributed by atoms with Gasteiger partial charge in [-0.25, -0.2) is 0 Å². The van der Waals surface area contributed by atoms with Crippen LogP contribution >= 0.6 is 0 Å². The second kappa shape index (κ2) is 7.42. The van der Waals surface area contributed by atoms with Gasteiger partial charge in [-0.1, -0.05) is 13.0 Å². The largest absolute Gasteiger partial charge is 0.355 e. The first-order valence-corrected chi connectivity index (χ1v) is 5.94. The van der Waals surface area contributed by atoms with Gasteiger partial charge in [-0.3, -0.25) is 14.9 Å². The third kappa shape index (κ3) is 5.01. The molecule has 2 N–H and O–H groups in total. The summed E-state index contributed by atoms with van der Waals surface area (Å²) >= 11 is 0. The lowest BCUT2D eigenvalue weighted by atomic mass is 10.2. The molecule has 1 aromatic carbocycles. The Hall–Kier alpha value is -2.02. The third-order valence-corrected chi connectivity index (χ3v) is 2.40. The lowest BCUT2D eigenvalue weighted by Gasteiger charge is -2.06. The van der Waals surface area contributed by atoms with Crippen LogP contribution in [0.2, 0.25) is 0 Å². The predicted molar refractivity (Wildman–Crippen MR) is 68.1 cm³/mol. The minimum Gasteiger partial charge on any atom is -0.355 e. The molecule has 0 aliphatic carbocycles. The molecule has 0 aromatic heterocycles. The number of benzene rings is 1. The Labute approximate surface area is 110 Å². The maximum absolute atomic E-state index is 13.3. The van der Waals surface area contributed by atoms with Gasteiger partial charge in [-0.05, 0) is 18.1 Å². The Morgan fingerprint density at radius 2 is 2.21 bits per heavy atom. The molecule has 6 nitrogen and oxygen atoms in total. The molecular weight excluding hydrogens is 253 g/mol. The van der Waals surface area contributed by atoms with Crippen molar-refractivity contribution in [3.63, 3.8) is 0 Å².